The van der Waals surface area contributed by atoms with E-state index >= 15 is 0 Å². The van der Waals surface area contributed by atoms with E-state index in [0.29, 0.717) is 0 Å². The number of hydrogen-bond donors (Lipinski definition) is 0. The van der Waals surface area contributed by atoms with Gasteiger partial charge >= 0.3 is 0 Å². The van der Waals surface area contributed by atoms with E-state index in [4.69, 9.17) is 0 Å². The molecular formula is C38H31N. The summed E-state index contributed by atoms with van der Waals surface area (Å²) in [5.74, 6) is 0.275. The fraction of sp³-hybridized carbons (Fsp3) is 0.105. The number of nitrogens with zero attached hydrogens (tertiary/aromatic N) is 1. The van der Waals surface area contributed by atoms with Gasteiger partial charge in [-0.3, -0.25) is 0 Å². The van der Waals surface area contributed by atoms with Gasteiger partial charge in [-0.05, 0) is 80.8 Å². The fourth-order valence-electron chi connectivity index (χ4n) is 6.41. The number of para-hydroxylation sites is 1. The molecule has 1 aliphatic carbocycles. The van der Waals surface area contributed by atoms with E-state index in [1.165, 1.54) is 61.1 Å². The highest BCUT2D eigenvalue weighted by Crippen LogP contribution is 2.48. The standard InChI is InChI=1S/C38H31N/c1-39(32-17-6-3-7-18-32)36-21-11-20-35-37-29(23-22-28-14-8-9-19-33(28)37)24-25-34(38(35)36)31-16-10-15-30(26-31)27-12-4-2-5-13-27/h2-23,26,34H,24-25H2,1H3. The van der Waals surface area contributed by atoms with Gasteiger partial charge in [0.05, 0.1) is 0 Å². The van der Waals surface area contributed by atoms with Crippen molar-refractivity contribution in [3.63, 3.8) is 0 Å². The van der Waals surface area contributed by atoms with Crippen LogP contribution in [-0.2, 0) is 6.42 Å². The summed E-state index contributed by atoms with van der Waals surface area (Å²) in [5, 5.41) is 2.64. The molecule has 1 unspecified atom stereocenters. The molecule has 0 bridgehead atoms. The number of hydrogen-bond acceptors (Lipinski definition) is 1. The van der Waals surface area contributed by atoms with Crippen LogP contribution in [0.2, 0.25) is 0 Å². The van der Waals surface area contributed by atoms with E-state index in [1.54, 1.807) is 0 Å². The van der Waals surface area contributed by atoms with Gasteiger partial charge in [-0.15, -0.1) is 0 Å². The maximum atomic E-state index is 2.41. The van der Waals surface area contributed by atoms with Gasteiger partial charge in [0.25, 0.3) is 0 Å². The highest BCUT2D eigenvalue weighted by molar-refractivity contribution is 6.00. The molecule has 0 fully saturated rings. The number of fused-ring (bicyclic) bond motifs is 5. The first-order valence-electron chi connectivity index (χ1n) is 13.9. The third kappa shape index (κ3) is 4.21. The van der Waals surface area contributed by atoms with E-state index in [-0.39, 0.29) is 5.92 Å². The molecule has 7 rings (SSSR count). The van der Waals surface area contributed by atoms with Crippen LogP contribution >= 0.6 is 0 Å². The number of benzene rings is 6. The molecule has 6 aromatic rings. The summed E-state index contributed by atoms with van der Waals surface area (Å²) in [4.78, 5) is 2.36. The number of rotatable bonds is 4. The summed E-state index contributed by atoms with van der Waals surface area (Å²) >= 11 is 0. The van der Waals surface area contributed by atoms with Crippen molar-refractivity contribution in [1.29, 1.82) is 0 Å². The fourth-order valence-corrected chi connectivity index (χ4v) is 6.41. The second-order valence-corrected chi connectivity index (χ2v) is 10.5. The van der Waals surface area contributed by atoms with Gasteiger partial charge in [0.1, 0.15) is 0 Å². The Morgan fingerprint density at radius 3 is 2.18 bits per heavy atom. The van der Waals surface area contributed by atoms with Gasteiger partial charge < -0.3 is 4.90 Å². The second kappa shape index (κ2) is 9.93. The molecule has 0 aromatic heterocycles. The Morgan fingerprint density at radius 2 is 1.33 bits per heavy atom. The van der Waals surface area contributed by atoms with Gasteiger partial charge in [0, 0.05) is 24.3 Å². The minimum absolute atomic E-state index is 0.275. The summed E-state index contributed by atoms with van der Waals surface area (Å²) in [5.41, 5.74) is 12.0. The number of anilines is 2. The first-order valence-corrected chi connectivity index (χ1v) is 13.9. The summed E-state index contributed by atoms with van der Waals surface area (Å²) in [6.07, 6.45) is 2.11. The molecule has 1 aliphatic rings. The molecule has 0 spiro atoms. The van der Waals surface area contributed by atoms with E-state index < -0.39 is 0 Å². The van der Waals surface area contributed by atoms with Crippen LogP contribution in [0.4, 0.5) is 11.4 Å². The summed E-state index contributed by atoms with van der Waals surface area (Å²) in [6.45, 7) is 0. The topological polar surface area (TPSA) is 3.24 Å². The summed E-state index contributed by atoms with van der Waals surface area (Å²) < 4.78 is 0. The summed E-state index contributed by atoms with van der Waals surface area (Å²) in [7, 11) is 2.21. The monoisotopic (exact) mass is 501 g/mol. The largest absolute Gasteiger partial charge is 0.344 e. The Balaban J connectivity index is 1.48. The van der Waals surface area contributed by atoms with Crippen LogP contribution in [-0.4, -0.2) is 7.05 Å². The van der Waals surface area contributed by atoms with Crippen LogP contribution < -0.4 is 4.90 Å². The first kappa shape index (κ1) is 23.5. The van der Waals surface area contributed by atoms with Crippen molar-refractivity contribution in [3.8, 4) is 22.3 Å². The molecule has 39 heavy (non-hydrogen) atoms. The second-order valence-electron chi connectivity index (χ2n) is 10.5. The Kier molecular flexibility index (Phi) is 5.98. The molecule has 6 aromatic carbocycles. The lowest BCUT2D eigenvalue weighted by Gasteiger charge is -2.29. The molecule has 0 radical (unpaired) electrons. The zero-order chi connectivity index (χ0) is 26.2. The highest BCUT2D eigenvalue weighted by atomic mass is 15.1. The van der Waals surface area contributed by atoms with E-state index in [0.717, 1.165) is 12.8 Å². The zero-order valence-electron chi connectivity index (χ0n) is 22.2. The van der Waals surface area contributed by atoms with Crippen LogP contribution in [0.5, 0.6) is 0 Å². The molecule has 0 heterocycles. The van der Waals surface area contributed by atoms with Crippen molar-refractivity contribution in [3.05, 3.63) is 156 Å². The quantitative estimate of drug-likeness (QED) is 0.232. The van der Waals surface area contributed by atoms with E-state index in [1.807, 2.05) is 0 Å². The first-order chi connectivity index (χ1) is 19.3. The van der Waals surface area contributed by atoms with Crippen LogP contribution in [0.15, 0.2) is 140 Å². The minimum Gasteiger partial charge on any atom is -0.344 e. The normalized spacial score (nSPS) is 14.3. The van der Waals surface area contributed by atoms with Crippen molar-refractivity contribution in [2.75, 3.05) is 11.9 Å². The number of aryl methyl sites for hydroxylation is 1. The Morgan fingerprint density at radius 1 is 0.615 bits per heavy atom. The van der Waals surface area contributed by atoms with Gasteiger partial charge in [0.2, 0.25) is 0 Å². The van der Waals surface area contributed by atoms with Gasteiger partial charge in [0.15, 0.2) is 0 Å². The van der Waals surface area contributed by atoms with Gasteiger partial charge in [-0.1, -0.05) is 121 Å². The predicted octanol–water partition coefficient (Wildman–Crippen LogP) is 10.0. The molecule has 0 aliphatic heterocycles. The summed E-state index contributed by atoms with van der Waals surface area (Å²) in [6, 6.07) is 51.1. The lowest BCUT2D eigenvalue weighted by atomic mass is 9.83. The third-order valence-corrected chi connectivity index (χ3v) is 8.32. The molecule has 0 amide bonds. The minimum atomic E-state index is 0.275. The molecule has 1 atom stereocenters. The maximum absolute atomic E-state index is 2.41. The molecule has 1 nitrogen and oxygen atoms in total. The van der Waals surface area contributed by atoms with Crippen LogP contribution in [0.25, 0.3) is 33.0 Å². The van der Waals surface area contributed by atoms with Crippen molar-refractivity contribution in [1.82, 2.24) is 0 Å². The lowest BCUT2D eigenvalue weighted by molar-refractivity contribution is 0.725. The van der Waals surface area contributed by atoms with Crippen LogP contribution in [0.3, 0.4) is 0 Å². The molecule has 0 N–H and O–H groups in total. The van der Waals surface area contributed by atoms with Crippen molar-refractivity contribution < 1.29 is 0 Å². The molecule has 0 saturated carbocycles. The average molecular weight is 502 g/mol. The Labute approximate surface area is 231 Å². The van der Waals surface area contributed by atoms with E-state index in [9.17, 15) is 0 Å². The SMILES string of the molecule is CN(c1ccccc1)c1cccc2c1C(c1cccc(-c3ccccc3)c1)CCc1ccc3ccccc3c1-2. The molecule has 1 heteroatoms. The Hall–Kier alpha value is -4.62. The predicted molar refractivity (Wildman–Crippen MR) is 166 cm³/mol. The Bertz CT molecular complexity index is 1770. The maximum Gasteiger partial charge on any atom is 0.0453 e. The van der Waals surface area contributed by atoms with Crippen LogP contribution in [0, 0.1) is 0 Å². The smallest absolute Gasteiger partial charge is 0.0453 e. The van der Waals surface area contributed by atoms with Gasteiger partial charge in [-0.2, -0.15) is 0 Å². The van der Waals surface area contributed by atoms with Crippen molar-refractivity contribution >= 4 is 22.1 Å². The zero-order valence-corrected chi connectivity index (χ0v) is 22.2. The van der Waals surface area contributed by atoms with E-state index in [2.05, 4.69) is 151 Å². The highest BCUT2D eigenvalue weighted by Gasteiger charge is 2.29. The van der Waals surface area contributed by atoms with Crippen molar-refractivity contribution in [2.24, 2.45) is 0 Å². The molecule has 0 saturated heterocycles. The lowest BCUT2D eigenvalue weighted by Crippen LogP contribution is -2.15. The molecular weight excluding hydrogens is 470 g/mol. The third-order valence-electron chi connectivity index (χ3n) is 8.32. The van der Waals surface area contributed by atoms with Crippen LogP contribution in [0.1, 0.15) is 29.0 Å². The van der Waals surface area contributed by atoms with Crippen molar-refractivity contribution in [2.45, 2.75) is 18.8 Å². The average Bonchev–Trinajstić information content (AvgIpc) is 3.19. The molecule has 188 valence electrons. The van der Waals surface area contributed by atoms with Gasteiger partial charge in [-0.25, -0.2) is 0 Å².